The molecule has 1 saturated carbocycles. The zero-order valence-corrected chi connectivity index (χ0v) is 9.68. The van der Waals surface area contributed by atoms with Crippen LogP contribution in [0.3, 0.4) is 0 Å². The highest BCUT2D eigenvalue weighted by Gasteiger charge is 2.45. The Morgan fingerprint density at radius 3 is 2.43 bits per heavy atom. The molecule has 2 fully saturated rings. The summed E-state index contributed by atoms with van der Waals surface area (Å²) in [6, 6.07) is 0. The van der Waals surface area contributed by atoms with Crippen LogP contribution in [0.2, 0.25) is 0 Å². The van der Waals surface area contributed by atoms with Crippen molar-refractivity contribution < 1.29 is 4.21 Å². The standard InChI is InChI=1S/C10H20N2OS/c1-10(8-11,9-2-3-9)12-4-6-14(13)7-5-12/h9H,2-8,11H2,1H3. The van der Waals surface area contributed by atoms with E-state index in [0.717, 1.165) is 37.1 Å². The minimum Gasteiger partial charge on any atom is -0.329 e. The van der Waals surface area contributed by atoms with Crippen LogP contribution in [0.15, 0.2) is 0 Å². The van der Waals surface area contributed by atoms with Gasteiger partial charge in [0.25, 0.3) is 0 Å². The SMILES string of the molecule is CC(CN)(C1CC1)N1CCS(=O)CC1. The van der Waals surface area contributed by atoms with Gasteiger partial charge in [0.15, 0.2) is 0 Å². The maximum absolute atomic E-state index is 11.3. The van der Waals surface area contributed by atoms with Gasteiger partial charge in [-0.25, -0.2) is 0 Å². The van der Waals surface area contributed by atoms with Crippen molar-refractivity contribution in [3.05, 3.63) is 0 Å². The molecule has 1 heterocycles. The van der Waals surface area contributed by atoms with Gasteiger partial charge < -0.3 is 5.73 Å². The summed E-state index contributed by atoms with van der Waals surface area (Å²) in [4.78, 5) is 2.46. The fourth-order valence-electron chi connectivity index (χ4n) is 2.41. The molecule has 0 aromatic rings. The van der Waals surface area contributed by atoms with Crippen molar-refractivity contribution in [2.75, 3.05) is 31.1 Å². The Morgan fingerprint density at radius 2 is 2.00 bits per heavy atom. The molecule has 1 unspecified atom stereocenters. The molecule has 3 nitrogen and oxygen atoms in total. The van der Waals surface area contributed by atoms with E-state index in [4.69, 9.17) is 5.73 Å². The largest absolute Gasteiger partial charge is 0.329 e. The maximum Gasteiger partial charge on any atom is 0.0363 e. The van der Waals surface area contributed by atoms with Crippen LogP contribution in [0, 0.1) is 5.92 Å². The minimum absolute atomic E-state index is 0.185. The molecule has 1 saturated heterocycles. The zero-order chi connectivity index (χ0) is 10.2. The molecule has 1 aliphatic heterocycles. The summed E-state index contributed by atoms with van der Waals surface area (Å²) in [7, 11) is -0.573. The van der Waals surface area contributed by atoms with Crippen molar-refractivity contribution in [1.29, 1.82) is 0 Å². The lowest BCUT2D eigenvalue weighted by Gasteiger charge is -2.43. The van der Waals surface area contributed by atoms with Crippen LogP contribution in [0.5, 0.6) is 0 Å². The monoisotopic (exact) mass is 216 g/mol. The van der Waals surface area contributed by atoms with Gasteiger partial charge >= 0.3 is 0 Å². The topological polar surface area (TPSA) is 46.3 Å². The van der Waals surface area contributed by atoms with Gasteiger partial charge in [0, 0.05) is 47.5 Å². The molecule has 2 rings (SSSR count). The highest BCUT2D eigenvalue weighted by atomic mass is 32.2. The Balaban J connectivity index is 2.01. The lowest BCUT2D eigenvalue weighted by molar-refractivity contribution is 0.100. The third kappa shape index (κ3) is 1.88. The molecule has 0 radical (unpaired) electrons. The molecule has 2 N–H and O–H groups in total. The Hall–Kier alpha value is 0.0700. The van der Waals surface area contributed by atoms with Crippen LogP contribution in [-0.4, -0.2) is 45.8 Å². The molecule has 1 aliphatic carbocycles. The van der Waals surface area contributed by atoms with Crippen LogP contribution in [0.1, 0.15) is 19.8 Å². The van der Waals surface area contributed by atoms with Gasteiger partial charge in [-0.05, 0) is 25.7 Å². The Kier molecular flexibility index (Phi) is 2.96. The maximum atomic E-state index is 11.3. The van der Waals surface area contributed by atoms with Gasteiger partial charge in [0.05, 0.1) is 0 Å². The van der Waals surface area contributed by atoms with E-state index >= 15 is 0 Å². The van der Waals surface area contributed by atoms with E-state index in [1.165, 1.54) is 12.8 Å². The molecule has 2 aliphatic rings. The van der Waals surface area contributed by atoms with Gasteiger partial charge in [-0.15, -0.1) is 0 Å². The summed E-state index contributed by atoms with van der Waals surface area (Å²) in [5.41, 5.74) is 6.08. The lowest BCUT2D eigenvalue weighted by atomic mass is 9.93. The second-order valence-electron chi connectivity index (χ2n) is 4.67. The van der Waals surface area contributed by atoms with Crippen LogP contribution in [-0.2, 0) is 10.8 Å². The Labute approximate surface area is 88.5 Å². The van der Waals surface area contributed by atoms with Crippen molar-refractivity contribution >= 4 is 10.8 Å². The van der Waals surface area contributed by atoms with E-state index in [9.17, 15) is 4.21 Å². The zero-order valence-electron chi connectivity index (χ0n) is 8.87. The number of hydrogen-bond donors (Lipinski definition) is 1. The average molecular weight is 216 g/mol. The third-order valence-electron chi connectivity index (χ3n) is 3.77. The van der Waals surface area contributed by atoms with E-state index in [0.29, 0.717) is 0 Å². The Bertz CT molecular complexity index is 232. The van der Waals surface area contributed by atoms with Gasteiger partial charge in [-0.2, -0.15) is 0 Å². The predicted molar refractivity (Wildman–Crippen MR) is 59.6 cm³/mol. The number of nitrogens with two attached hydrogens (primary N) is 1. The van der Waals surface area contributed by atoms with Crippen LogP contribution < -0.4 is 5.73 Å². The van der Waals surface area contributed by atoms with E-state index in [2.05, 4.69) is 11.8 Å². The molecule has 4 heteroatoms. The molecule has 0 bridgehead atoms. The van der Waals surface area contributed by atoms with Gasteiger partial charge in [0.1, 0.15) is 0 Å². The summed E-state index contributed by atoms with van der Waals surface area (Å²) in [5, 5.41) is 0. The summed E-state index contributed by atoms with van der Waals surface area (Å²) in [6.07, 6.45) is 2.65. The average Bonchev–Trinajstić information content (AvgIpc) is 3.01. The predicted octanol–water partition coefficient (Wildman–Crippen LogP) is 0.178. The third-order valence-corrected chi connectivity index (χ3v) is 5.05. The number of rotatable bonds is 3. The van der Waals surface area contributed by atoms with Gasteiger partial charge in [-0.1, -0.05) is 0 Å². The second-order valence-corrected chi connectivity index (χ2v) is 6.37. The van der Waals surface area contributed by atoms with Crippen LogP contribution in [0.25, 0.3) is 0 Å². The smallest absolute Gasteiger partial charge is 0.0363 e. The first-order chi connectivity index (χ1) is 6.66. The molecule has 1 atom stereocenters. The van der Waals surface area contributed by atoms with Crippen molar-refractivity contribution in [2.45, 2.75) is 25.3 Å². The highest BCUT2D eigenvalue weighted by molar-refractivity contribution is 7.85. The molecule has 82 valence electrons. The molecule has 0 aromatic carbocycles. The number of hydrogen-bond acceptors (Lipinski definition) is 3. The van der Waals surface area contributed by atoms with E-state index in [1.807, 2.05) is 0 Å². The first-order valence-electron chi connectivity index (χ1n) is 5.47. The molecular weight excluding hydrogens is 196 g/mol. The minimum atomic E-state index is -0.573. The highest BCUT2D eigenvalue weighted by Crippen LogP contribution is 2.42. The fourth-order valence-corrected chi connectivity index (χ4v) is 3.46. The Morgan fingerprint density at radius 1 is 1.43 bits per heavy atom. The second kappa shape index (κ2) is 3.91. The van der Waals surface area contributed by atoms with E-state index in [-0.39, 0.29) is 5.54 Å². The summed E-state index contributed by atoms with van der Waals surface area (Å²) in [5.74, 6) is 2.46. The van der Waals surface area contributed by atoms with Gasteiger partial charge in [-0.3, -0.25) is 9.11 Å². The molecule has 0 spiro atoms. The van der Waals surface area contributed by atoms with Crippen LogP contribution in [0.4, 0.5) is 0 Å². The lowest BCUT2D eigenvalue weighted by Crippen LogP contribution is -2.57. The molecule has 0 amide bonds. The first-order valence-corrected chi connectivity index (χ1v) is 6.96. The molecule has 14 heavy (non-hydrogen) atoms. The van der Waals surface area contributed by atoms with E-state index < -0.39 is 10.8 Å². The van der Waals surface area contributed by atoms with Crippen molar-refractivity contribution in [3.8, 4) is 0 Å². The van der Waals surface area contributed by atoms with E-state index in [1.54, 1.807) is 0 Å². The van der Waals surface area contributed by atoms with Crippen molar-refractivity contribution in [2.24, 2.45) is 11.7 Å². The summed E-state index contributed by atoms with van der Waals surface area (Å²) < 4.78 is 11.3. The van der Waals surface area contributed by atoms with Crippen molar-refractivity contribution in [1.82, 2.24) is 4.90 Å². The summed E-state index contributed by atoms with van der Waals surface area (Å²) in [6.45, 7) is 4.96. The summed E-state index contributed by atoms with van der Waals surface area (Å²) >= 11 is 0. The quantitative estimate of drug-likeness (QED) is 0.732. The molecular formula is C10H20N2OS. The first kappa shape index (κ1) is 10.6. The van der Waals surface area contributed by atoms with Crippen LogP contribution >= 0.6 is 0 Å². The fraction of sp³-hybridized carbons (Fsp3) is 1.00. The van der Waals surface area contributed by atoms with Crippen molar-refractivity contribution in [3.63, 3.8) is 0 Å². The number of nitrogens with zero attached hydrogens (tertiary/aromatic N) is 1. The van der Waals surface area contributed by atoms with Gasteiger partial charge in [0.2, 0.25) is 0 Å². The normalized spacial score (nSPS) is 30.1. The molecule has 0 aromatic heterocycles.